The van der Waals surface area contributed by atoms with Gasteiger partial charge in [-0.05, 0) is 6.07 Å². The van der Waals surface area contributed by atoms with Crippen molar-refractivity contribution in [3.8, 4) is 5.75 Å². The van der Waals surface area contributed by atoms with E-state index in [1.807, 2.05) is 24.3 Å². The van der Waals surface area contributed by atoms with Crippen LogP contribution >= 0.6 is 0 Å². The lowest BCUT2D eigenvalue weighted by Crippen LogP contribution is -2.68. The van der Waals surface area contributed by atoms with Crippen molar-refractivity contribution < 1.29 is 63.2 Å². The van der Waals surface area contributed by atoms with Crippen molar-refractivity contribution in [2.75, 3.05) is 19.5 Å². The molecule has 0 spiro atoms. The van der Waals surface area contributed by atoms with E-state index in [2.05, 4.69) is 9.97 Å². The van der Waals surface area contributed by atoms with E-state index in [-0.39, 0.29) is 12.4 Å². The number of aliphatic hydroxyl groups is 3. The van der Waals surface area contributed by atoms with E-state index < -0.39 is 41.4 Å². The molecular weight excluding hydrogens is 482 g/mol. The number of halogens is 1. The first-order valence-corrected chi connectivity index (χ1v) is 10.8. The summed E-state index contributed by atoms with van der Waals surface area (Å²) in [5, 5.41) is 29.5. The van der Waals surface area contributed by atoms with Crippen LogP contribution in [0, 0.1) is 10.2 Å². The van der Waals surface area contributed by atoms with E-state index in [0.29, 0.717) is 16.9 Å². The topological polar surface area (TPSA) is 241 Å². The molecular formula is C18H22ClN5O10. The summed E-state index contributed by atoms with van der Waals surface area (Å²) in [6, 6.07) is 7.44. The maximum atomic E-state index is 10.2. The molecule has 2 aromatic heterocycles. The normalized spacial score (nSPS) is 22.4. The number of nitrogens with zero attached hydrogens (tertiary/aromatic N) is 4. The number of nitrogens with two attached hydrogens (primary N) is 1. The minimum Gasteiger partial charge on any atom is -0.496 e. The minimum absolute atomic E-state index is 0.196. The zero-order chi connectivity index (χ0) is 25.0. The fourth-order valence-electron chi connectivity index (χ4n) is 3.30. The van der Waals surface area contributed by atoms with E-state index in [1.165, 1.54) is 22.0 Å². The first-order chi connectivity index (χ1) is 16.0. The number of rotatable bonds is 6. The summed E-state index contributed by atoms with van der Waals surface area (Å²) in [7, 11) is -3.36. The van der Waals surface area contributed by atoms with Crippen molar-refractivity contribution in [2.24, 2.45) is 0 Å². The SMILES string of the molecule is COc1ccccc1CO[n+]1cnc2c(ncn2[C@@H]2O[C@H](CO)[C@@H](O)[C@H]2O)c1N.[O-][Cl+3]([O-])([O-])[O-]. The van der Waals surface area contributed by atoms with Gasteiger partial charge >= 0.3 is 0 Å². The fourth-order valence-corrected chi connectivity index (χ4v) is 3.30. The molecule has 0 bridgehead atoms. The molecule has 1 aromatic carbocycles. The van der Waals surface area contributed by atoms with Crippen molar-refractivity contribution in [3.63, 3.8) is 0 Å². The molecule has 0 radical (unpaired) electrons. The van der Waals surface area contributed by atoms with Crippen molar-refractivity contribution in [3.05, 3.63) is 42.5 Å². The third-order valence-electron chi connectivity index (χ3n) is 4.88. The number of fused-ring (bicyclic) bond motifs is 1. The summed E-state index contributed by atoms with van der Waals surface area (Å²) in [5.74, 6) is 0.893. The smallest absolute Gasteiger partial charge is 0.289 e. The van der Waals surface area contributed by atoms with Gasteiger partial charge in [-0.25, -0.2) is 23.6 Å². The zero-order valence-electron chi connectivity index (χ0n) is 17.6. The molecule has 3 heterocycles. The van der Waals surface area contributed by atoms with Gasteiger partial charge in [-0.3, -0.25) is 4.57 Å². The molecule has 186 valence electrons. The number of hydrogen-bond donors (Lipinski definition) is 4. The van der Waals surface area contributed by atoms with Crippen molar-refractivity contribution in [2.45, 2.75) is 31.1 Å². The van der Waals surface area contributed by atoms with Gasteiger partial charge in [0, 0.05) is 5.56 Å². The van der Waals surface area contributed by atoms with Crippen molar-refractivity contribution in [1.29, 1.82) is 0 Å². The third kappa shape index (κ3) is 5.79. The molecule has 1 fully saturated rings. The van der Waals surface area contributed by atoms with Crippen LogP contribution in [0.4, 0.5) is 5.82 Å². The lowest BCUT2D eigenvalue weighted by atomic mass is 10.1. The summed E-state index contributed by atoms with van der Waals surface area (Å²) in [5.41, 5.74) is 7.69. The van der Waals surface area contributed by atoms with E-state index in [9.17, 15) is 15.3 Å². The van der Waals surface area contributed by atoms with Gasteiger partial charge < -0.3 is 35.4 Å². The number of imidazole rings is 1. The van der Waals surface area contributed by atoms with Gasteiger partial charge in [0.25, 0.3) is 12.1 Å². The summed E-state index contributed by atoms with van der Waals surface area (Å²) >= 11 is 0. The maximum Gasteiger partial charge on any atom is 0.289 e. The van der Waals surface area contributed by atoms with E-state index in [1.54, 1.807) is 7.11 Å². The lowest BCUT2D eigenvalue weighted by Gasteiger charge is -2.17. The van der Waals surface area contributed by atoms with Gasteiger partial charge in [-0.2, -0.15) is 0 Å². The largest absolute Gasteiger partial charge is 0.496 e. The number of methoxy groups -OCH3 is 1. The Morgan fingerprint density at radius 1 is 1.18 bits per heavy atom. The quantitative estimate of drug-likeness (QED) is 0.229. The van der Waals surface area contributed by atoms with Gasteiger partial charge in [0.1, 0.15) is 30.4 Å². The van der Waals surface area contributed by atoms with Crippen LogP contribution in [-0.4, -0.2) is 61.9 Å². The maximum absolute atomic E-state index is 10.2. The Bertz CT molecular complexity index is 1100. The molecule has 3 aromatic rings. The molecule has 1 aliphatic rings. The first kappa shape index (κ1) is 25.8. The molecule has 4 rings (SSSR count). The second kappa shape index (κ2) is 10.6. The second-order valence-corrected chi connectivity index (χ2v) is 7.73. The van der Waals surface area contributed by atoms with Crippen LogP contribution in [0.5, 0.6) is 5.75 Å². The predicted molar refractivity (Wildman–Crippen MR) is 98.4 cm³/mol. The Morgan fingerprint density at radius 3 is 2.47 bits per heavy atom. The third-order valence-corrected chi connectivity index (χ3v) is 4.88. The molecule has 1 aliphatic heterocycles. The highest BCUT2D eigenvalue weighted by atomic mass is 35.7. The molecule has 1 saturated heterocycles. The molecule has 0 amide bonds. The number of aliphatic hydroxyl groups excluding tert-OH is 3. The predicted octanol–water partition coefficient (Wildman–Crippen LogP) is -6.21. The van der Waals surface area contributed by atoms with Gasteiger partial charge in [-0.1, -0.05) is 27.9 Å². The molecule has 16 heteroatoms. The number of para-hydroxylation sites is 1. The summed E-state index contributed by atoms with van der Waals surface area (Å²) < 4.78 is 47.6. The van der Waals surface area contributed by atoms with Crippen LogP contribution in [0.25, 0.3) is 11.2 Å². The average molecular weight is 504 g/mol. The number of benzene rings is 1. The summed E-state index contributed by atoms with van der Waals surface area (Å²) in [6.07, 6.45) is -1.54. The molecule has 34 heavy (non-hydrogen) atoms. The Kier molecular flexibility index (Phi) is 8.03. The Balaban J connectivity index is 0.000000588. The Labute approximate surface area is 194 Å². The summed E-state index contributed by atoms with van der Waals surface area (Å²) in [6.45, 7) is -0.227. The Morgan fingerprint density at radius 2 is 1.85 bits per heavy atom. The number of anilines is 1. The average Bonchev–Trinajstić information content (AvgIpc) is 3.34. The molecule has 15 nitrogen and oxygen atoms in total. The van der Waals surface area contributed by atoms with E-state index in [4.69, 9.17) is 38.7 Å². The van der Waals surface area contributed by atoms with Gasteiger partial charge in [0.2, 0.25) is 11.2 Å². The number of nitrogen functional groups attached to an aromatic ring is 1. The van der Waals surface area contributed by atoms with Gasteiger partial charge in [0.05, 0.1) is 13.7 Å². The number of ether oxygens (including phenoxy) is 2. The highest BCUT2D eigenvalue weighted by Crippen LogP contribution is 2.31. The second-order valence-electron chi connectivity index (χ2n) is 6.97. The van der Waals surface area contributed by atoms with Gasteiger partial charge in [0.15, 0.2) is 12.8 Å². The monoisotopic (exact) mass is 503 g/mol. The number of aromatic nitrogens is 4. The minimum atomic E-state index is -4.94. The van der Waals surface area contributed by atoms with Crippen molar-refractivity contribution >= 4 is 17.0 Å². The standard InChI is InChI=1S/C18H21N5O6.ClHO4/c1-27-11-5-3-2-4-10(11)7-28-23-9-21-17-13(16(23)19)20-8-22(17)18-15(26)14(25)12(6-24)29-18;2-1(3,4)5/h2-5,8-9,12,14-15,18-19,24-26H,6-7H2,1H3;(H,2,3,4,5)/t12-,14-,15-,18-;/m1./s1. The molecule has 4 atom stereocenters. The van der Waals surface area contributed by atoms with E-state index >= 15 is 0 Å². The lowest BCUT2D eigenvalue weighted by molar-refractivity contribution is -2.00. The summed E-state index contributed by atoms with van der Waals surface area (Å²) in [4.78, 5) is 14.3. The van der Waals surface area contributed by atoms with E-state index in [0.717, 1.165) is 5.56 Å². The highest BCUT2D eigenvalue weighted by molar-refractivity contribution is 5.79. The van der Waals surface area contributed by atoms with Crippen LogP contribution in [0.2, 0.25) is 0 Å². The highest BCUT2D eigenvalue weighted by Gasteiger charge is 2.44. The number of hydrogen-bond acceptors (Lipinski definition) is 13. The zero-order valence-corrected chi connectivity index (χ0v) is 18.4. The van der Waals surface area contributed by atoms with Crippen LogP contribution in [0.3, 0.4) is 0 Å². The molecule has 5 N–H and O–H groups in total. The first-order valence-electron chi connectivity index (χ1n) is 9.57. The van der Waals surface area contributed by atoms with Gasteiger partial charge in [-0.15, -0.1) is 10.2 Å². The van der Waals surface area contributed by atoms with Crippen LogP contribution in [0.1, 0.15) is 11.8 Å². The van der Waals surface area contributed by atoms with Crippen LogP contribution < -0.4 is 38.7 Å². The molecule has 0 unspecified atom stereocenters. The fraction of sp³-hybridized carbons (Fsp3) is 0.389. The van der Waals surface area contributed by atoms with Crippen molar-refractivity contribution in [1.82, 2.24) is 14.5 Å². The molecule has 0 saturated carbocycles. The van der Waals surface area contributed by atoms with Crippen LogP contribution in [-0.2, 0) is 11.3 Å². The Hall–Kier alpha value is -2.86. The van der Waals surface area contributed by atoms with Crippen LogP contribution in [0.15, 0.2) is 36.9 Å². The molecule has 0 aliphatic carbocycles.